The number of esters is 1. The van der Waals surface area contributed by atoms with Gasteiger partial charge in [-0.15, -0.1) is 12.4 Å². The van der Waals surface area contributed by atoms with Crippen LogP contribution in [0.2, 0.25) is 15.1 Å². The van der Waals surface area contributed by atoms with Gasteiger partial charge in [-0.2, -0.15) is 0 Å². The molecule has 0 saturated carbocycles. The molecule has 0 unspecified atom stereocenters. The highest BCUT2D eigenvalue weighted by molar-refractivity contribution is 6.39. The summed E-state index contributed by atoms with van der Waals surface area (Å²) in [7, 11) is 0. The number of halogens is 4. The number of carbonyl (C=O) groups excluding carboxylic acids is 1. The Hall–Kier alpha value is -2.74. The molecule has 39 heavy (non-hydrogen) atoms. The Morgan fingerprint density at radius 2 is 1.64 bits per heavy atom. The average molecular weight is 607 g/mol. The normalized spacial score (nSPS) is 13.7. The van der Waals surface area contributed by atoms with Gasteiger partial charge in [0, 0.05) is 54.5 Å². The number of ether oxygens (including phenoxy) is 2. The molecule has 1 fully saturated rings. The number of carbonyl (C=O) groups is 1. The smallest absolute Gasteiger partial charge is 0.357 e. The lowest BCUT2D eigenvalue weighted by Crippen LogP contribution is -2.47. The third-order valence-electron chi connectivity index (χ3n) is 6.42. The number of hydrogen-bond donors (Lipinski definition) is 0. The quantitative estimate of drug-likeness (QED) is 0.198. The van der Waals surface area contributed by atoms with E-state index in [4.69, 9.17) is 44.3 Å². The molecule has 2 heterocycles. The highest BCUT2D eigenvalue weighted by Gasteiger charge is 2.20. The number of rotatable bonds is 8. The SMILES string of the molecule is Cl.O=C(OCCN1CCN(c2cccc(Cl)c2)CC1)c1cc(OCc2ccccc2)c2c(Cl)cc(Cl)cc2n1. The lowest BCUT2D eigenvalue weighted by atomic mass is 10.1. The lowest BCUT2D eigenvalue weighted by molar-refractivity contribution is 0.0452. The molecule has 0 atom stereocenters. The average Bonchev–Trinajstić information content (AvgIpc) is 2.92. The molecule has 204 valence electrons. The van der Waals surface area contributed by atoms with Gasteiger partial charge >= 0.3 is 5.97 Å². The van der Waals surface area contributed by atoms with E-state index in [1.165, 1.54) is 0 Å². The van der Waals surface area contributed by atoms with Gasteiger partial charge in [0.15, 0.2) is 5.69 Å². The summed E-state index contributed by atoms with van der Waals surface area (Å²) in [5.41, 5.74) is 2.72. The zero-order valence-electron chi connectivity index (χ0n) is 21.0. The first-order chi connectivity index (χ1) is 18.5. The van der Waals surface area contributed by atoms with Crippen LogP contribution in [0.1, 0.15) is 16.1 Å². The Bertz CT molecular complexity index is 1430. The van der Waals surface area contributed by atoms with Crippen molar-refractivity contribution in [1.82, 2.24) is 9.88 Å². The first kappa shape index (κ1) is 29.2. The minimum atomic E-state index is -0.523. The molecular weight excluding hydrogens is 580 g/mol. The van der Waals surface area contributed by atoms with Crippen molar-refractivity contribution in [2.24, 2.45) is 0 Å². The van der Waals surface area contributed by atoms with Gasteiger partial charge in [-0.05, 0) is 35.9 Å². The molecule has 1 aliphatic rings. The van der Waals surface area contributed by atoms with E-state index < -0.39 is 5.97 Å². The minimum Gasteiger partial charge on any atom is -0.488 e. The molecule has 0 amide bonds. The van der Waals surface area contributed by atoms with Crippen molar-refractivity contribution >= 4 is 69.8 Å². The van der Waals surface area contributed by atoms with Crippen LogP contribution in [0.15, 0.2) is 72.8 Å². The number of anilines is 1. The highest BCUT2D eigenvalue weighted by Crippen LogP contribution is 2.35. The number of nitrogens with zero attached hydrogens (tertiary/aromatic N) is 3. The Morgan fingerprint density at radius 3 is 2.38 bits per heavy atom. The van der Waals surface area contributed by atoms with E-state index in [-0.39, 0.29) is 24.7 Å². The molecule has 1 saturated heterocycles. The molecule has 1 aliphatic heterocycles. The fraction of sp³-hybridized carbons (Fsp3) is 0.241. The number of hydrogen-bond acceptors (Lipinski definition) is 6. The minimum absolute atomic E-state index is 0. The number of benzene rings is 3. The Kier molecular flexibility index (Phi) is 10.2. The third-order valence-corrected chi connectivity index (χ3v) is 7.17. The van der Waals surface area contributed by atoms with Gasteiger partial charge in [-0.3, -0.25) is 4.90 Å². The van der Waals surface area contributed by atoms with E-state index in [0.717, 1.165) is 42.5 Å². The van der Waals surface area contributed by atoms with E-state index in [1.54, 1.807) is 18.2 Å². The molecule has 6 nitrogen and oxygen atoms in total. The van der Waals surface area contributed by atoms with Crippen LogP contribution in [0.5, 0.6) is 5.75 Å². The van der Waals surface area contributed by atoms with E-state index in [1.807, 2.05) is 48.5 Å². The molecule has 10 heteroatoms. The summed E-state index contributed by atoms with van der Waals surface area (Å²) < 4.78 is 11.7. The van der Waals surface area contributed by atoms with Crippen LogP contribution < -0.4 is 9.64 Å². The molecule has 0 bridgehead atoms. The summed E-state index contributed by atoms with van der Waals surface area (Å²) in [6, 6.07) is 22.5. The van der Waals surface area contributed by atoms with E-state index in [2.05, 4.69) is 20.9 Å². The van der Waals surface area contributed by atoms with Crippen molar-refractivity contribution < 1.29 is 14.3 Å². The largest absolute Gasteiger partial charge is 0.488 e. The van der Waals surface area contributed by atoms with Crippen LogP contribution in [0.3, 0.4) is 0 Å². The number of piperazine rings is 1. The molecule has 5 rings (SSSR count). The molecular formula is C29H27Cl4N3O3. The Labute approximate surface area is 248 Å². The van der Waals surface area contributed by atoms with Gasteiger partial charge in [-0.25, -0.2) is 9.78 Å². The van der Waals surface area contributed by atoms with Crippen LogP contribution >= 0.6 is 47.2 Å². The van der Waals surface area contributed by atoms with Crippen molar-refractivity contribution in [2.45, 2.75) is 6.61 Å². The predicted octanol–water partition coefficient (Wildman–Crippen LogP) is 7.17. The van der Waals surface area contributed by atoms with Crippen LogP contribution in [-0.2, 0) is 11.3 Å². The van der Waals surface area contributed by atoms with Crippen LogP contribution in [0.4, 0.5) is 5.69 Å². The molecule has 0 spiro atoms. The van der Waals surface area contributed by atoms with Gasteiger partial charge in [0.05, 0.1) is 15.9 Å². The monoisotopic (exact) mass is 605 g/mol. The van der Waals surface area contributed by atoms with E-state index in [9.17, 15) is 4.79 Å². The fourth-order valence-electron chi connectivity index (χ4n) is 4.45. The maximum absolute atomic E-state index is 12.9. The second-order valence-electron chi connectivity index (χ2n) is 9.01. The lowest BCUT2D eigenvalue weighted by Gasteiger charge is -2.36. The number of pyridine rings is 1. The van der Waals surface area contributed by atoms with Crippen molar-refractivity contribution in [3.8, 4) is 5.75 Å². The molecule has 3 aromatic carbocycles. The maximum atomic E-state index is 12.9. The van der Waals surface area contributed by atoms with Gasteiger partial charge in [0.1, 0.15) is 19.0 Å². The summed E-state index contributed by atoms with van der Waals surface area (Å²) in [4.78, 5) is 22.0. The Balaban J connectivity index is 0.00000353. The second kappa shape index (κ2) is 13.6. The van der Waals surface area contributed by atoms with Crippen LogP contribution in [0, 0.1) is 0 Å². The number of aromatic nitrogens is 1. The summed E-state index contributed by atoms with van der Waals surface area (Å²) in [6.07, 6.45) is 0. The van der Waals surface area contributed by atoms with Gasteiger partial charge < -0.3 is 14.4 Å². The standard InChI is InChI=1S/C29H26Cl3N3O3.ClH/c30-21-7-4-8-23(15-21)35-11-9-34(10-12-35)13-14-37-29(36)26-18-27(38-19-20-5-2-1-3-6-20)28-24(32)16-22(31)17-25(28)33-26;/h1-8,15-18H,9-14,19H2;1H. The second-order valence-corrected chi connectivity index (χ2v) is 10.3. The highest BCUT2D eigenvalue weighted by atomic mass is 35.5. The van der Waals surface area contributed by atoms with Gasteiger partial charge in [-0.1, -0.05) is 71.2 Å². The molecule has 1 aromatic heterocycles. The van der Waals surface area contributed by atoms with Crippen molar-refractivity contribution in [3.63, 3.8) is 0 Å². The van der Waals surface area contributed by atoms with Crippen molar-refractivity contribution in [1.29, 1.82) is 0 Å². The molecule has 4 aromatic rings. The predicted molar refractivity (Wildman–Crippen MR) is 160 cm³/mol. The maximum Gasteiger partial charge on any atom is 0.357 e. The summed E-state index contributed by atoms with van der Waals surface area (Å²) in [5, 5.41) is 2.16. The third kappa shape index (κ3) is 7.47. The van der Waals surface area contributed by atoms with Gasteiger partial charge in [0.2, 0.25) is 0 Å². The Morgan fingerprint density at radius 1 is 0.872 bits per heavy atom. The molecule has 0 N–H and O–H groups in total. The van der Waals surface area contributed by atoms with E-state index in [0.29, 0.717) is 39.8 Å². The van der Waals surface area contributed by atoms with E-state index >= 15 is 0 Å². The molecule has 0 radical (unpaired) electrons. The topological polar surface area (TPSA) is 54.9 Å². The first-order valence-corrected chi connectivity index (χ1v) is 13.5. The van der Waals surface area contributed by atoms with Crippen LogP contribution in [0.25, 0.3) is 10.9 Å². The molecule has 0 aliphatic carbocycles. The van der Waals surface area contributed by atoms with Crippen molar-refractivity contribution in [3.05, 3.63) is 99.1 Å². The number of fused-ring (bicyclic) bond motifs is 1. The van der Waals surface area contributed by atoms with Gasteiger partial charge in [0.25, 0.3) is 0 Å². The summed E-state index contributed by atoms with van der Waals surface area (Å²) in [6.45, 7) is 4.70. The zero-order chi connectivity index (χ0) is 26.5. The zero-order valence-corrected chi connectivity index (χ0v) is 24.1. The first-order valence-electron chi connectivity index (χ1n) is 12.3. The summed E-state index contributed by atoms with van der Waals surface area (Å²) >= 11 is 18.8. The fourth-order valence-corrected chi connectivity index (χ4v) is 5.21. The van der Waals surface area contributed by atoms with Crippen LogP contribution in [-0.4, -0.2) is 55.2 Å². The van der Waals surface area contributed by atoms with Crippen molar-refractivity contribution in [2.75, 3.05) is 44.2 Å². The summed E-state index contributed by atoms with van der Waals surface area (Å²) in [5.74, 6) is -0.0743.